The van der Waals surface area contributed by atoms with Crippen LogP contribution in [0.1, 0.15) is 39.7 Å². The van der Waals surface area contributed by atoms with Crippen molar-refractivity contribution >= 4 is 37.9 Å². The van der Waals surface area contributed by atoms with Crippen molar-refractivity contribution in [1.82, 2.24) is 5.32 Å². The first-order valence-electron chi connectivity index (χ1n) is 6.74. The van der Waals surface area contributed by atoms with Crippen molar-refractivity contribution in [2.45, 2.75) is 39.7 Å². The molecule has 0 atom stereocenters. The standard InChI is InChI=1S/C16H23Br2NO/c1-6-11(10-19-16(2,3)4)7-12-8-13(17)9-14(18)15(12)20-5/h7-9,19H,6,10H2,1-5H3. The minimum Gasteiger partial charge on any atom is -0.495 e. The van der Waals surface area contributed by atoms with Crippen LogP contribution < -0.4 is 10.1 Å². The Bertz CT molecular complexity index is 490. The Morgan fingerprint density at radius 3 is 2.45 bits per heavy atom. The lowest BCUT2D eigenvalue weighted by atomic mass is 10.0. The van der Waals surface area contributed by atoms with Gasteiger partial charge in [0.15, 0.2) is 0 Å². The fourth-order valence-electron chi connectivity index (χ4n) is 1.78. The van der Waals surface area contributed by atoms with Gasteiger partial charge in [0.25, 0.3) is 0 Å². The van der Waals surface area contributed by atoms with Crippen molar-refractivity contribution in [1.29, 1.82) is 0 Å². The van der Waals surface area contributed by atoms with E-state index in [4.69, 9.17) is 4.74 Å². The van der Waals surface area contributed by atoms with Crippen LogP contribution in [-0.2, 0) is 0 Å². The van der Waals surface area contributed by atoms with E-state index in [9.17, 15) is 0 Å². The van der Waals surface area contributed by atoms with Crippen LogP contribution >= 0.6 is 31.9 Å². The van der Waals surface area contributed by atoms with E-state index < -0.39 is 0 Å². The largest absolute Gasteiger partial charge is 0.495 e. The van der Waals surface area contributed by atoms with Gasteiger partial charge in [0.1, 0.15) is 5.75 Å². The number of rotatable bonds is 5. The Balaban J connectivity index is 3.06. The highest BCUT2D eigenvalue weighted by atomic mass is 79.9. The molecule has 1 N–H and O–H groups in total. The van der Waals surface area contributed by atoms with Crippen molar-refractivity contribution in [2.24, 2.45) is 0 Å². The molecule has 1 rings (SSSR count). The molecule has 20 heavy (non-hydrogen) atoms. The van der Waals surface area contributed by atoms with Gasteiger partial charge in [-0.3, -0.25) is 0 Å². The number of methoxy groups -OCH3 is 1. The molecule has 0 heterocycles. The highest BCUT2D eigenvalue weighted by Crippen LogP contribution is 2.34. The van der Waals surface area contributed by atoms with E-state index in [0.29, 0.717) is 0 Å². The van der Waals surface area contributed by atoms with Gasteiger partial charge in [0, 0.05) is 22.1 Å². The van der Waals surface area contributed by atoms with E-state index in [1.807, 2.05) is 6.07 Å². The summed E-state index contributed by atoms with van der Waals surface area (Å²) in [4.78, 5) is 0. The van der Waals surface area contributed by atoms with Crippen LogP contribution in [-0.4, -0.2) is 19.2 Å². The third-order valence-corrected chi connectivity index (χ3v) is 3.95. The zero-order valence-corrected chi connectivity index (χ0v) is 16.0. The molecule has 0 aromatic heterocycles. The molecule has 0 unspecified atom stereocenters. The topological polar surface area (TPSA) is 21.3 Å². The van der Waals surface area contributed by atoms with Gasteiger partial charge in [-0.25, -0.2) is 0 Å². The van der Waals surface area contributed by atoms with E-state index in [2.05, 4.69) is 77.0 Å². The van der Waals surface area contributed by atoms with E-state index in [1.54, 1.807) is 7.11 Å². The molecule has 0 fully saturated rings. The summed E-state index contributed by atoms with van der Waals surface area (Å²) in [6.45, 7) is 9.59. The first-order chi connectivity index (χ1) is 9.26. The van der Waals surface area contributed by atoms with E-state index >= 15 is 0 Å². The fraction of sp³-hybridized carbons (Fsp3) is 0.500. The molecule has 0 bridgehead atoms. The highest BCUT2D eigenvalue weighted by molar-refractivity contribution is 9.11. The van der Waals surface area contributed by atoms with Crippen LogP contribution in [0.25, 0.3) is 6.08 Å². The van der Waals surface area contributed by atoms with Crippen molar-refractivity contribution < 1.29 is 4.74 Å². The summed E-state index contributed by atoms with van der Waals surface area (Å²) in [6, 6.07) is 4.07. The molecule has 112 valence electrons. The summed E-state index contributed by atoms with van der Waals surface area (Å²) in [5.74, 6) is 0.870. The second-order valence-electron chi connectivity index (χ2n) is 5.77. The summed E-state index contributed by atoms with van der Waals surface area (Å²) < 4.78 is 7.49. The highest BCUT2D eigenvalue weighted by Gasteiger charge is 2.11. The van der Waals surface area contributed by atoms with Crippen LogP contribution in [0.4, 0.5) is 0 Å². The van der Waals surface area contributed by atoms with Gasteiger partial charge in [-0.2, -0.15) is 0 Å². The third kappa shape index (κ3) is 5.58. The minimum atomic E-state index is 0.121. The van der Waals surface area contributed by atoms with Crippen LogP contribution in [0.3, 0.4) is 0 Å². The molecule has 1 aromatic rings. The number of ether oxygens (including phenoxy) is 1. The maximum absolute atomic E-state index is 5.49. The van der Waals surface area contributed by atoms with Crippen LogP contribution in [0.15, 0.2) is 26.7 Å². The molecule has 0 spiro atoms. The first kappa shape index (κ1) is 17.7. The molecule has 0 saturated heterocycles. The van der Waals surface area contributed by atoms with Crippen LogP contribution in [0, 0.1) is 0 Å². The monoisotopic (exact) mass is 403 g/mol. The predicted molar refractivity (Wildman–Crippen MR) is 94.4 cm³/mol. The molecule has 0 saturated carbocycles. The number of benzene rings is 1. The van der Waals surface area contributed by atoms with Gasteiger partial charge in [0.05, 0.1) is 11.6 Å². The number of hydrogen-bond acceptors (Lipinski definition) is 2. The zero-order valence-electron chi connectivity index (χ0n) is 12.8. The lowest BCUT2D eigenvalue weighted by Gasteiger charge is -2.21. The molecule has 4 heteroatoms. The summed E-state index contributed by atoms with van der Waals surface area (Å²) in [6.07, 6.45) is 3.21. The lowest BCUT2D eigenvalue weighted by Crippen LogP contribution is -2.36. The van der Waals surface area contributed by atoms with Gasteiger partial charge in [-0.1, -0.05) is 34.5 Å². The zero-order chi connectivity index (χ0) is 15.3. The van der Waals surface area contributed by atoms with Crippen molar-refractivity contribution in [3.8, 4) is 5.75 Å². The van der Waals surface area contributed by atoms with Gasteiger partial charge in [-0.05, 0) is 55.3 Å². The smallest absolute Gasteiger partial charge is 0.140 e. The molecule has 0 amide bonds. The number of nitrogens with one attached hydrogen (secondary N) is 1. The summed E-state index contributed by atoms with van der Waals surface area (Å²) >= 11 is 7.07. The third-order valence-electron chi connectivity index (χ3n) is 2.90. The van der Waals surface area contributed by atoms with E-state index in [-0.39, 0.29) is 5.54 Å². The minimum absolute atomic E-state index is 0.121. The number of halogens is 2. The maximum atomic E-state index is 5.49. The van der Waals surface area contributed by atoms with Gasteiger partial charge in [0.2, 0.25) is 0 Å². The molecular weight excluding hydrogens is 382 g/mol. The Morgan fingerprint density at radius 1 is 1.30 bits per heavy atom. The predicted octanol–water partition coefficient (Wildman–Crippen LogP) is 5.40. The van der Waals surface area contributed by atoms with E-state index in [1.165, 1.54) is 5.57 Å². The molecule has 0 aliphatic heterocycles. The summed E-state index contributed by atoms with van der Waals surface area (Å²) in [5.41, 5.74) is 2.56. The fourth-order valence-corrected chi connectivity index (χ4v) is 3.20. The summed E-state index contributed by atoms with van der Waals surface area (Å²) in [7, 11) is 1.70. The molecule has 1 aromatic carbocycles. The average Bonchev–Trinajstić information content (AvgIpc) is 2.32. The normalized spacial score (nSPS) is 12.7. The van der Waals surface area contributed by atoms with Crippen molar-refractivity contribution in [3.05, 3.63) is 32.2 Å². The van der Waals surface area contributed by atoms with Crippen LogP contribution in [0.5, 0.6) is 5.75 Å². The second-order valence-corrected chi connectivity index (χ2v) is 7.54. The molecule has 2 nitrogen and oxygen atoms in total. The summed E-state index contributed by atoms with van der Waals surface area (Å²) in [5, 5.41) is 3.53. The lowest BCUT2D eigenvalue weighted by molar-refractivity contribution is 0.411. The first-order valence-corrected chi connectivity index (χ1v) is 8.33. The van der Waals surface area contributed by atoms with Crippen molar-refractivity contribution in [2.75, 3.05) is 13.7 Å². The van der Waals surface area contributed by atoms with Crippen molar-refractivity contribution in [3.63, 3.8) is 0 Å². The van der Waals surface area contributed by atoms with Gasteiger partial charge >= 0.3 is 0 Å². The number of hydrogen-bond donors (Lipinski definition) is 1. The molecule has 0 aliphatic rings. The Labute approximate surface area is 139 Å². The molecule has 0 aliphatic carbocycles. The SMILES string of the molecule is CCC(=Cc1cc(Br)cc(Br)c1OC)CNC(C)(C)C. The van der Waals surface area contributed by atoms with Crippen LogP contribution in [0.2, 0.25) is 0 Å². The van der Waals surface area contributed by atoms with E-state index in [0.717, 1.165) is 33.2 Å². The van der Waals surface area contributed by atoms with Gasteiger partial charge in [-0.15, -0.1) is 0 Å². The average molecular weight is 405 g/mol. The molecular formula is C16H23Br2NO. The second kappa shape index (κ2) is 7.62. The Morgan fingerprint density at radius 2 is 1.95 bits per heavy atom. The Hall–Kier alpha value is -0.320. The molecule has 0 radical (unpaired) electrons. The quantitative estimate of drug-likeness (QED) is 0.708. The maximum Gasteiger partial charge on any atom is 0.140 e. The van der Waals surface area contributed by atoms with Gasteiger partial charge < -0.3 is 10.1 Å². The Kier molecular flexibility index (Phi) is 6.76.